The van der Waals surface area contributed by atoms with Crippen molar-refractivity contribution < 1.29 is 4.79 Å². The zero-order chi connectivity index (χ0) is 22.7. The summed E-state index contributed by atoms with van der Waals surface area (Å²) in [5.74, 6) is 0.705. The van der Waals surface area contributed by atoms with Crippen LogP contribution in [0.25, 0.3) is 11.2 Å². The van der Waals surface area contributed by atoms with E-state index in [9.17, 15) is 4.79 Å². The number of nitrogens with zero attached hydrogens (tertiary/aromatic N) is 3. The highest BCUT2D eigenvalue weighted by atomic mass is 35.5. The minimum atomic E-state index is -0.274. The van der Waals surface area contributed by atoms with Gasteiger partial charge in [0.1, 0.15) is 11.3 Å². The Bertz CT molecular complexity index is 1280. The van der Waals surface area contributed by atoms with Gasteiger partial charge in [-0.25, -0.2) is 9.97 Å². The zero-order valence-corrected chi connectivity index (χ0v) is 19.5. The van der Waals surface area contributed by atoms with Crippen LogP contribution in [-0.4, -0.2) is 20.4 Å². The molecule has 0 saturated carbocycles. The predicted octanol–water partition coefficient (Wildman–Crippen LogP) is 6.69. The summed E-state index contributed by atoms with van der Waals surface area (Å²) < 4.78 is 2.14. The largest absolute Gasteiger partial charge is 0.320 e. The molecule has 0 fully saturated rings. The lowest BCUT2D eigenvalue weighted by Crippen LogP contribution is -2.13. The van der Waals surface area contributed by atoms with E-state index in [4.69, 9.17) is 28.2 Å². The molecule has 0 aliphatic rings. The Labute approximate surface area is 197 Å². The van der Waals surface area contributed by atoms with Crippen LogP contribution >= 0.6 is 23.2 Å². The molecular formula is C25H24Cl2N4O. The number of carbonyl (C=O) groups excluding carboxylic acids is 1. The van der Waals surface area contributed by atoms with Crippen LogP contribution in [0.15, 0.2) is 54.7 Å². The second-order valence-corrected chi connectivity index (χ2v) is 8.59. The van der Waals surface area contributed by atoms with Gasteiger partial charge in [0.2, 0.25) is 0 Å². The summed E-state index contributed by atoms with van der Waals surface area (Å²) in [5.41, 5.74) is 4.59. The van der Waals surface area contributed by atoms with Crippen LogP contribution in [-0.2, 0) is 13.0 Å². The number of benzene rings is 2. The van der Waals surface area contributed by atoms with Gasteiger partial charge in [-0.15, -0.1) is 0 Å². The molecule has 0 aliphatic carbocycles. The Hall–Kier alpha value is -2.89. The maximum absolute atomic E-state index is 12.7. The third kappa shape index (κ3) is 4.64. The monoisotopic (exact) mass is 466 g/mol. The first-order chi connectivity index (χ1) is 15.5. The Balaban J connectivity index is 1.72. The first-order valence-electron chi connectivity index (χ1n) is 10.6. The summed E-state index contributed by atoms with van der Waals surface area (Å²) in [6, 6.07) is 14.8. The van der Waals surface area contributed by atoms with Gasteiger partial charge in [0.15, 0.2) is 5.65 Å². The average Bonchev–Trinajstić information content (AvgIpc) is 3.12. The molecule has 0 spiro atoms. The molecular weight excluding hydrogens is 443 g/mol. The van der Waals surface area contributed by atoms with Crippen molar-refractivity contribution in [1.29, 1.82) is 0 Å². The van der Waals surface area contributed by atoms with E-state index in [2.05, 4.69) is 21.8 Å². The number of anilines is 1. The normalized spacial score (nSPS) is 11.1. The van der Waals surface area contributed by atoms with Gasteiger partial charge in [-0.3, -0.25) is 4.79 Å². The number of fused-ring (bicyclic) bond motifs is 1. The highest BCUT2D eigenvalue weighted by molar-refractivity contribution is 6.34. The molecule has 32 heavy (non-hydrogen) atoms. The Morgan fingerprint density at radius 3 is 2.69 bits per heavy atom. The fourth-order valence-electron chi connectivity index (χ4n) is 3.69. The standard InChI is InChI=1S/C25H24Cl2N4O/c1-3-4-12-22-30-23-16(2)21(29-25(32)19-10-5-6-11-20(19)27)14-28-24(23)31(22)15-17-8-7-9-18(26)13-17/h5-11,13-14H,3-4,12,15H2,1-2H3,(H,29,32). The summed E-state index contributed by atoms with van der Waals surface area (Å²) in [6.07, 6.45) is 4.65. The molecule has 2 heterocycles. The number of aryl methyl sites for hydroxylation is 2. The number of hydrogen-bond acceptors (Lipinski definition) is 3. The number of aromatic nitrogens is 3. The molecule has 0 radical (unpaired) electrons. The molecule has 0 saturated heterocycles. The number of unbranched alkanes of at least 4 members (excludes halogenated alkanes) is 1. The molecule has 4 aromatic rings. The van der Waals surface area contributed by atoms with E-state index in [0.29, 0.717) is 27.8 Å². The predicted molar refractivity (Wildman–Crippen MR) is 131 cm³/mol. The van der Waals surface area contributed by atoms with Crippen LogP contribution in [0.3, 0.4) is 0 Å². The SMILES string of the molecule is CCCCc1nc2c(C)c(NC(=O)c3ccccc3Cl)cnc2n1Cc1cccc(Cl)c1. The molecule has 0 unspecified atom stereocenters. The van der Waals surface area contributed by atoms with Crippen LogP contribution in [0, 0.1) is 6.92 Å². The van der Waals surface area contributed by atoms with E-state index < -0.39 is 0 Å². The number of amides is 1. The van der Waals surface area contributed by atoms with Gasteiger partial charge in [0, 0.05) is 17.0 Å². The summed E-state index contributed by atoms with van der Waals surface area (Å²) >= 11 is 12.4. The molecule has 164 valence electrons. The van der Waals surface area contributed by atoms with Crippen LogP contribution in [0.2, 0.25) is 10.0 Å². The van der Waals surface area contributed by atoms with Crippen molar-refractivity contribution in [1.82, 2.24) is 14.5 Å². The summed E-state index contributed by atoms with van der Waals surface area (Å²) in [5, 5.41) is 4.05. The molecule has 2 aromatic carbocycles. The number of hydrogen-bond donors (Lipinski definition) is 1. The second kappa shape index (κ2) is 9.72. The van der Waals surface area contributed by atoms with Crippen molar-refractivity contribution in [3.63, 3.8) is 0 Å². The van der Waals surface area contributed by atoms with Gasteiger partial charge in [-0.2, -0.15) is 0 Å². The van der Waals surface area contributed by atoms with Crippen LogP contribution in [0.4, 0.5) is 5.69 Å². The fourth-order valence-corrected chi connectivity index (χ4v) is 4.13. The molecule has 2 aromatic heterocycles. The topological polar surface area (TPSA) is 59.8 Å². The molecule has 4 rings (SSSR count). The maximum Gasteiger partial charge on any atom is 0.257 e. The van der Waals surface area contributed by atoms with E-state index in [1.165, 1.54) is 0 Å². The van der Waals surface area contributed by atoms with E-state index >= 15 is 0 Å². The van der Waals surface area contributed by atoms with Crippen LogP contribution < -0.4 is 5.32 Å². The quantitative estimate of drug-likeness (QED) is 0.329. The molecule has 0 atom stereocenters. The van der Waals surface area contributed by atoms with Crippen molar-refractivity contribution in [2.45, 2.75) is 39.7 Å². The van der Waals surface area contributed by atoms with Crippen molar-refractivity contribution in [3.05, 3.63) is 87.3 Å². The molecule has 0 aliphatic heterocycles. The van der Waals surface area contributed by atoms with E-state index in [1.54, 1.807) is 30.5 Å². The molecule has 7 heteroatoms. The molecule has 1 amide bonds. The van der Waals surface area contributed by atoms with Gasteiger partial charge < -0.3 is 9.88 Å². The summed E-state index contributed by atoms with van der Waals surface area (Å²) in [6.45, 7) is 4.75. The van der Waals surface area contributed by atoms with Crippen molar-refractivity contribution >= 4 is 46.0 Å². The van der Waals surface area contributed by atoms with Crippen molar-refractivity contribution in [3.8, 4) is 0 Å². The number of pyridine rings is 1. The third-order valence-electron chi connectivity index (χ3n) is 5.45. The number of imidazole rings is 1. The average molecular weight is 467 g/mol. The lowest BCUT2D eigenvalue weighted by Gasteiger charge is -2.11. The van der Waals surface area contributed by atoms with Gasteiger partial charge in [-0.1, -0.05) is 60.8 Å². The minimum Gasteiger partial charge on any atom is -0.320 e. The van der Waals surface area contributed by atoms with Crippen LogP contribution in [0.5, 0.6) is 0 Å². The molecule has 0 bridgehead atoms. The van der Waals surface area contributed by atoms with Crippen LogP contribution in [0.1, 0.15) is 47.1 Å². The molecule has 1 N–H and O–H groups in total. The smallest absolute Gasteiger partial charge is 0.257 e. The lowest BCUT2D eigenvalue weighted by molar-refractivity contribution is 0.102. The van der Waals surface area contributed by atoms with Crippen molar-refractivity contribution in [2.24, 2.45) is 0 Å². The highest BCUT2D eigenvalue weighted by Gasteiger charge is 2.18. The Kier molecular flexibility index (Phi) is 6.77. The lowest BCUT2D eigenvalue weighted by atomic mass is 10.2. The second-order valence-electron chi connectivity index (χ2n) is 7.75. The Morgan fingerprint density at radius 1 is 1.12 bits per heavy atom. The first kappa shape index (κ1) is 22.3. The number of halogens is 2. The molecule has 5 nitrogen and oxygen atoms in total. The van der Waals surface area contributed by atoms with Gasteiger partial charge in [0.25, 0.3) is 5.91 Å². The third-order valence-corrected chi connectivity index (χ3v) is 6.01. The van der Waals surface area contributed by atoms with E-state index in [1.807, 2.05) is 31.2 Å². The highest BCUT2D eigenvalue weighted by Crippen LogP contribution is 2.27. The van der Waals surface area contributed by atoms with E-state index in [-0.39, 0.29) is 5.91 Å². The maximum atomic E-state index is 12.7. The minimum absolute atomic E-state index is 0.274. The first-order valence-corrected chi connectivity index (χ1v) is 11.4. The number of carbonyl (C=O) groups is 1. The van der Waals surface area contributed by atoms with Gasteiger partial charge in [0.05, 0.1) is 29.0 Å². The van der Waals surface area contributed by atoms with E-state index in [0.717, 1.165) is 47.4 Å². The van der Waals surface area contributed by atoms with Crippen molar-refractivity contribution in [2.75, 3.05) is 5.32 Å². The summed E-state index contributed by atoms with van der Waals surface area (Å²) in [4.78, 5) is 22.3. The fraction of sp³-hybridized carbons (Fsp3) is 0.240. The summed E-state index contributed by atoms with van der Waals surface area (Å²) in [7, 11) is 0. The zero-order valence-electron chi connectivity index (χ0n) is 18.0. The van der Waals surface area contributed by atoms with Gasteiger partial charge in [-0.05, 0) is 43.2 Å². The Morgan fingerprint density at radius 2 is 1.94 bits per heavy atom. The number of nitrogens with one attached hydrogen (secondary N) is 1. The van der Waals surface area contributed by atoms with Gasteiger partial charge >= 0.3 is 0 Å². The number of rotatable bonds is 7.